The molecule has 0 N–H and O–H groups in total. The highest BCUT2D eigenvalue weighted by atomic mass is 127. The van der Waals surface area contributed by atoms with Crippen LogP contribution in [0.3, 0.4) is 0 Å². The van der Waals surface area contributed by atoms with Gasteiger partial charge in [-0.1, -0.05) is 17.7 Å². The third kappa shape index (κ3) is 4.78. The summed E-state index contributed by atoms with van der Waals surface area (Å²) in [6.07, 6.45) is -4.39. The molecule has 0 aliphatic rings. The number of benzene rings is 1. The summed E-state index contributed by atoms with van der Waals surface area (Å²) in [5.41, 5.74) is 0.661. The fraction of sp³-hybridized carbons (Fsp3) is 0.357. The predicted octanol–water partition coefficient (Wildman–Crippen LogP) is 5.81. The lowest BCUT2D eigenvalue weighted by atomic mass is 10.0. The van der Waals surface area contributed by atoms with Gasteiger partial charge < -0.3 is 0 Å². The van der Waals surface area contributed by atoms with Crippen LogP contribution in [-0.4, -0.2) is 28.0 Å². The Balaban J connectivity index is 2.38. The molecule has 132 valence electrons. The molecule has 2 rings (SSSR count). The Hall–Kier alpha value is -0.0200. The van der Waals surface area contributed by atoms with Crippen LogP contribution in [0.5, 0.6) is 0 Å². The van der Waals surface area contributed by atoms with Gasteiger partial charge in [-0.3, -0.25) is 4.31 Å². The molecule has 2 aromatic rings. The van der Waals surface area contributed by atoms with E-state index in [0.29, 0.717) is 10.7 Å². The molecule has 24 heavy (non-hydrogen) atoms. The van der Waals surface area contributed by atoms with Crippen molar-refractivity contribution >= 4 is 52.0 Å². The molecule has 1 aromatic heterocycles. The Morgan fingerprint density at radius 2 is 2.04 bits per heavy atom. The molecule has 0 radical (unpaired) electrons. The van der Waals surface area contributed by atoms with E-state index in [9.17, 15) is 13.2 Å². The number of hydrogen-bond acceptors (Lipinski definition) is 3. The third-order valence-electron chi connectivity index (χ3n) is 3.19. The molecule has 0 saturated carbocycles. The normalized spacial score (nSPS) is 12.7. The van der Waals surface area contributed by atoms with Crippen LogP contribution in [0.15, 0.2) is 23.1 Å². The summed E-state index contributed by atoms with van der Waals surface area (Å²) < 4.78 is 43.1. The molecule has 0 fully saturated rings. The minimum absolute atomic E-state index is 0.106. The number of hydrogen-bond donors (Lipinski definition) is 0. The topological polar surface area (TPSA) is 21.1 Å². The van der Waals surface area contributed by atoms with E-state index >= 15 is 0 Å². The molecule has 1 atom stereocenters. The first kappa shape index (κ1) is 20.3. The van der Waals surface area contributed by atoms with Gasteiger partial charge in [0.2, 0.25) is 0 Å². The first-order valence-electron chi connectivity index (χ1n) is 6.79. The third-order valence-corrected chi connectivity index (χ3v) is 6.39. The van der Waals surface area contributed by atoms with Crippen LogP contribution in [0.1, 0.15) is 22.5 Å². The molecule has 1 heterocycles. The van der Waals surface area contributed by atoms with Crippen LogP contribution < -0.4 is 0 Å². The molecule has 10 heteroatoms. The Bertz CT molecular complexity index is 737. The summed E-state index contributed by atoms with van der Waals surface area (Å²) in [5.74, 6) is 0. The molecular weight excluding hydrogens is 493 g/mol. The van der Waals surface area contributed by atoms with E-state index < -0.39 is 11.9 Å². The van der Waals surface area contributed by atoms with Gasteiger partial charge in [0.05, 0.1) is 17.1 Å². The van der Waals surface area contributed by atoms with Crippen molar-refractivity contribution in [3.8, 4) is 0 Å². The largest absolute Gasteiger partial charge is 0.433 e. The maximum atomic E-state index is 13.4. The van der Waals surface area contributed by atoms with Gasteiger partial charge in [0.15, 0.2) is 5.69 Å². The summed E-state index contributed by atoms with van der Waals surface area (Å²) in [7, 11) is 3.79. The summed E-state index contributed by atoms with van der Waals surface area (Å²) in [6.45, 7) is 1.61. The fourth-order valence-corrected chi connectivity index (χ4v) is 4.81. The Morgan fingerprint density at radius 1 is 1.38 bits per heavy atom. The van der Waals surface area contributed by atoms with Gasteiger partial charge in [0.25, 0.3) is 0 Å². The van der Waals surface area contributed by atoms with Crippen LogP contribution in [-0.2, 0) is 12.6 Å². The summed E-state index contributed by atoms with van der Waals surface area (Å²) in [6, 6.07) is 5.35. The fourth-order valence-electron chi connectivity index (χ4n) is 2.25. The lowest BCUT2D eigenvalue weighted by Crippen LogP contribution is -2.12. The zero-order valence-electron chi connectivity index (χ0n) is 13.1. The van der Waals surface area contributed by atoms with E-state index in [1.807, 2.05) is 46.5 Å². The Kier molecular flexibility index (Phi) is 6.86. The first-order valence-corrected chi connectivity index (χ1v) is 12.0. The standard InChI is InChI=1S/C14H15ClF3IN3PS/c1-8-10(13(14(16,17)18)22(20-8)23-19)6-9-4-5-12(11(15)7-9)24-21(2)3/h4-5,7,23H,6H2,1-3H3. The van der Waals surface area contributed by atoms with Crippen LogP contribution in [0, 0.1) is 6.92 Å². The second-order valence-corrected chi connectivity index (χ2v) is 9.05. The SMILES string of the molecule is Cc1nn(PI)c(C(F)(F)F)c1Cc1ccc(SN(C)C)c(Cl)c1. The van der Waals surface area contributed by atoms with Crippen molar-refractivity contribution in [3.05, 3.63) is 45.7 Å². The summed E-state index contributed by atoms with van der Waals surface area (Å²) in [4.78, 5) is 0.864. The van der Waals surface area contributed by atoms with Crippen molar-refractivity contribution in [1.29, 1.82) is 0 Å². The van der Waals surface area contributed by atoms with E-state index in [2.05, 4.69) is 5.10 Å². The molecule has 0 bridgehead atoms. The highest BCUT2D eigenvalue weighted by Crippen LogP contribution is 2.40. The van der Waals surface area contributed by atoms with Crippen LogP contribution >= 0.6 is 52.0 Å². The minimum atomic E-state index is -4.43. The second kappa shape index (κ2) is 8.12. The lowest BCUT2D eigenvalue weighted by molar-refractivity contribution is -0.142. The van der Waals surface area contributed by atoms with Crippen molar-refractivity contribution in [2.24, 2.45) is 0 Å². The van der Waals surface area contributed by atoms with E-state index in [4.69, 9.17) is 11.6 Å². The Labute approximate surface area is 162 Å². The zero-order chi connectivity index (χ0) is 18.1. The van der Waals surface area contributed by atoms with E-state index in [1.54, 1.807) is 19.1 Å². The van der Waals surface area contributed by atoms with Gasteiger partial charge in [0.1, 0.15) is 0 Å². The van der Waals surface area contributed by atoms with Crippen molar-refractivity contribution < 1.29 is 13.2 Å². The average Bonchev–Trinajstić information content (AvgIpc) is 2.78. The predicted molar refractivity (Wildman–Crippen MR) is 104 cm³/mol. The second-order valence-electron chi connectivity index (χ2n) is 5.25. The number of nitrogens with zero attached hydrogens (tertiary/aromatic N) is 3. The highest BCUT2D eigenvalue weighted by molar-refractivity contribution is 14.2. The van der Waals surface area contributed by atoms with Gasteiger partial charge in [-0.2, -0.15) is 18.3 Å². The van der Waals surface area contributed by atoms with Gasteiger partial charge in [-0.25, -0.2) is 4.45 Å². The molecule has 1 unspecified atom stereocenters. The van der Waals surface area contributed by atoms with Crippen molar-refractivity contribution in [1.82, 2.24) is 13.9 Å². The summed E-state index contributed by atoms with van der Waals surface area (Å²) >= 11 is 9.62. The number of aromatic nitrogens is 2. The van der Waals surface area contributed by atoms with E-state index in [1.165, 1.54) is 11.9 Å². The molecule has 3 nitrogen and oxygen atoms in total. The minimum Gasteiger partial charge on any atom is -0.253 e. The number of halogens is 5. The van der Waals surface area contributed by atoms with Crippen molar-refractivity contribution in [3.63, 3.8) is 0 Å². The maximum Gasteiger partial charge on any atom is 0.433 e. The number of rotatable bonds is 5. The molecule has 0 saturated heterocycles. The van der Waals surface area contributed by atoms with E-state index in [0.717, 1.165) is 14.9 Å². The first-order chi connectivity index (χ1) is 11.1. The van der Waals surface area contributed by atoms with Gasteiger partial charge >= 0.3 is 6.18 Å². The van der Waals surface area contributed by atoms with Crippen molar-refractivity contribution in [2.75, 3.05) is 14.1 Å². The molecule has 0 amide bonds. The monoisotopic (exact) mass is 507 g/mol. The lowest BCUT2D eigenvalue weighted by Gasteiger charge is -2.13. The van der Waals surface area contributed by atoms with Gasteiger partial charge in [-0.15, -0.1) is 0 Å². The molecular formula is C14H15ClF3IN3PS. The average molecular weight is 508 g/mol. The quantitative estimate of drug-likeness (QED) is 0.289. The molecule has 0 spiro atoms. The van der Waals surface area contributed by atoms with Crippen LogP contribution in [0.2, 0.25) is 5.02 Å². The summed E-state index contributed by atoms with van der Waals surface area (Å²) in [5, 5.41) is 4.56. The van der Waals surface area contributed by atoms with Crippen molar-refractivity contribution in [2.45, 2.75) is 24.4 Å². The van der Waals surface area contributed by atoms with Gasteiger partial charge in [-0.05, 0) is 72.7 Å². The smallest absolute Gasteiger partial charge is 0.253 e. The van der Waals surface area contributed by atoms with Crippen LogP contribution in [0.25, 0.3) is 0 Å². The maximum absolute atomic E-state index is 13.4. The molecule has 0 aliphatic carbocycles. The number of aryl methyl sites for hydroxylation is 1. The van der Waals surface area contributed by atoms with E-state index in [-0.39, 0.29) is 18.4 Å². The van der Waals surface area contributed by atoms with Gasteiger partial charge in [0, 0.05) is 16.9 Å². The zero-order valence-corrected chi connectivity index (χ0v) is 17.8. The van der Waals surface area contributed by atoms with Crippen LogP contribution in [0.4, 0.5) is 13.2 Å². The molecule has 1 aromatic carbocycles. The Morgan fingerprint density at radius 3 is 2.54 bits per heavy atom. The number of alkyl halides is 3. The highest BCUT2D eigenvalue weighted by Gasteiger charge is 2.39. The molecule has 0 aliphatic heterocycles.